The Morgan fingerprint density at radius 3 is 2.59 bits per heavy atom. The average molecular weight is 332 g/mol. The maximum Gasteiger partial charge on any atom is 0.258 e. The zero-order chi connectivity index (χ0) is 14.7. The molecule has 2 heterocycles. The molecule has 0 unspecified atom stereocenters. The van der Waals surface area contributed by atoms with Crippen molar-refractivity contribution < 1.29 is 0 Å². The van der Waals surface area contributed by atoms with Crippen molar-refractivity contribution in [2.45, 2.75) is 49.0 Å². The molecule has 6 rings (SSSR count). The largest absolute Gasteiger partial charge is 0.269 e. The van der Waals surface area contributed by atoms with Crippen LogP contribution >= 0.6 is 23.1 Å². The van der Waals surface area contributed by atoms with Gasteiger partial charge in [-0.15, -0.1) is 23.1 Å². The van der Waals surface area contributed by atoms with Crippen LogP contribution in [0.5, 0.6) is 0 Å². The molecule has 4 bridgehead atoms. The topological polar surface area (TPSA) is 34.4 Å². The van der Waals surface area contributed by atoms with E-state index >= 15 is 0 Å². The molecule has 0 amide bonds. The number of rotatable bonds is 3. The first-order valence-corrected chi connectivity index (χ1v) is 10.2. The second kappa shape index (κ2) is 4.84. The van der Waals surface area contributed by atoms with Gasteiger partial charge in [-0.25, -0.2) is 4.98 Å². The molecule has 2 aromatic heterocycles. The lowest BCUT2D eigenvalue weighted by molar-refractivity contribution is 0.0383. The van der Waals surface area contributed by atoms with Gasteiger partial charge in [0.2, 0.25) is 0 Å². The summed E-state index contributed by atoms with van der Waals surface area (Å²) >= 11 is 3.64. The van der Waals surface area contributed by atoms with Gasteiger partial charge in [0, 0.05) is 28.1 Å². The predicted octanol–water partition coefficient (Wildman–Crippen LogP) is 3.96. The molecule has 0 aliphatic heterocycles. The van der Waals surface area contributed by atoms with Crippen molar-refractivity contribution in [1.82, 2.24) is 9.38 Å². The summed E-state index contributed by atoms with van der Waals surface area (Å²) < 4.78 is 2.14. The van der Waals surface area contributed by atoms with Gasteiger partial charge in [-0.2, -0.15) is 0 Å². The van der Waals surface area contributed by atoms with E-state index in [2.05, 4.69) is 16.7 Å². The molecule has 4 fully saturated rings. The first kappa shape index (κ1) is 13.6. The number of thioether (sulfide) groups is 1. The number of hydrogen-bond acceptors (Lipinski definition) is 4. The van der Waals surface area contributed by atoms with Crippen LogP contribution in [0.25, 0.3) is 4.96 Å². The SMILES string of the molecule is O=c1cc(CSC23CC4CC(CC(C4)C2)C3)nc2sccn12. The Morgan fingerprint density at radius 1 is 1.23 bits per heavy atom. The van der Waals surface area contributed by atoms with Gasteiger partial charge in [-0.05, 0) is 56.3 Å². The van der Waals surface area contributed by atoms with E-state index in [0.717, 1.165) is 34.2 Å². The smallest absolute Gasteiger partial charge is 0.258 e. The second-order valence-electron chi connectivity index (χ2n) is 7.53. The highest BCUT2D eigenvalue weighted by atomic mass is 32.2. The summed E-state index contributed by atoms with van der Waals surface area (Å²) in [7, 11) is 0. The molecule has 22 heavy (non-hydrogen) atoms. The zero-order valence-corrected chi connectivity index (χ0v) is 14.2. The predicted molar refractivity (Wildman–Crippen MR) is 91.5 cm³/mol. The Balaban J connectivity index is 1.39. The van der Waals surface area contributed by atoms with Crippen LogP contribution < -0.4 is 5.56 Å². The summed E-state index contributed by atoms with van der Waals surface area (Å²) in [6, 6.07) is 1.73. The molecule has 3 nitrogen and oxygen atoms in total. The molecule has 4 aliphatic carbocycles. The van der Waals surface area contributed by atoms with Crippen LogP contribution in [0.1, 0.15) is 44.2 Å². The summed E-state index contributed by atoms with van der Waals surface area (Å²) in [5.74, 6) is 3.85. The highest BCUT2D eigenvalue weighted by molar-refractivity contribution is 7.99. The lowest BCUT2D eigenvalue weighted by Gasteiger charge is -2.56. The van der Waals surface area contributed by atoms with Crippen molar-refractivity contribution in [3.63, 3.8) is 0 Å². The van der Waals surface area contributed by atoms with Gasteiger partial charge in [0.15, 0.2) is 4.96 Å². The molecule has 0 N–H and O–H groups in total. The van der Waals surface area contributed by atoms with Crippen LogP contribution in [0, 0.1) is 17.8 Å². The standard InChI is InChI=1S/C17H20N2OS2/c20-15-6-14(18-16-19(15)1-2-21-16)10-22-17-7-11-3-12(8-17)5-13(4-11)9-17/h1-2,6,11-13H,3-5,7-10H2. The Hall–Kier alpha value is -0.810. The van der Waals surface area contributed by atoms with E-state index in [1.54, 1.807) is 21.8 Å². The van der Waals surface area contributed by atoms with Gasteiger partial charge in [-0.3, -0.25) is 9.20 Å². The lowest BCUT2D eigenvalue weighted by Crippen LogP contribution is -2.48. The molecular formula is C17H20N2OS2. The maximum atomic E-state index is 12.1. The summed E-state index contributed by atoms with van der Waals surface area (Å²) in [5, 5.41) is 1.93. The Bertz CT molecular complexity index is 743. The minimum absolute atomic E-state index is 0.0624. The van der Waals surface area contributed by atoms with Crippen LogP contribution in [0.4, 0.5) is 0 Å². The minimum atomic E-state index is 0.0624. The van der Waals surface area contributed by atoms with Crippen molar-refractivity contribution in [1.29, 1.82) is 0 Å². The quantitative estimate of drug-likeness (QED) is 0.853. The van der Waals surface area contributed by atoms with Crippen molar-refractivity contribution in [2.75, 3.05) is 0 Å². The monoisotopic (exact) mass is 332 g/mol. The second-order valence-corrected chi connectivity index (χ2v) is 9.85. The number of nitrogens with zero attached hydrogens (tertiary/aromatic N) is 2. The van der Waals surface area contributed by atoms with Gasteiger partial charge < -0.3 is 0 Å². The highest BCUT2D eigenvalue weighted by Gasteiger charge is 2.51. The van der Waals surface area contributed by atoms with E-state index in [0.29, 0.717) is 4.75 Å². The first-order chi connectivity index (χ1) is 10.7. The van der Waals surface area contributed by atoms with E-state index in [1.165, 1.54) is 38.5 Å². The molecule has 0 atom stereocenters. The van der Waals surface area contributed by atoms with Gasteiger partial charge in [0.05, 0.1) is 5.69 Å². The van der Waals surface area contributed by atoms with Crippen LogP contribution in [0.2, 0.25) is 0 Å². The molecule has 0 saturated heterocycles. The first-order valence-electron chi connectivity index (χ1n) is 8.29. The van der Waals surface area contributed by atoms with Gasteiger partial charge >= 0.3 is 0 Å². The van der Waals surface area contributed by atoms with E-state index in [1.807, 2.05) is 11.6 Å². The summed E-state index contributed by atoms with van der Waals surface area (Å²) in [6.07, 6.45) is 10.5. The molecule has 4 aliphatic rings. The fourth-order valence-corrected chi connectivity index (χ4v) is 7.80. The van der Waals surface area contributed by atoms with Crippen LogP contribution in [0.15, 0.2) is 22.4 Å². The number of aromatic nitrogens is 2. The Kier molecular flexibility index (Phi) is 3.00. The number of hydrogen-bond donors (Lipinski definition) is 0. The minimum Gasteiger partial charge on any atom is -0.269 e. The fourth-order valence-electron chi connectivity index (χ4n) is 5.40. The van der Waals surface area contributed by atoms with E-state index < -0.39 is 0 Å². The Labute approximate surface area is 138 Å². The fraction of sp³-hybridized carbons (Fsp3) is 0.647. The van der Waals surface area contributed by atoms with Crippen LogP contribution in [0.3, 0.4) is 0 Å². The van der Waals surface area contributed by atoms with Gasteiger partial charge in [-0.1, -0.05) is 0 Å². The number of thiazole rings is 1. The van der Waals surface area contributed by atoms with E-state index in [9.17, 15) is 4.79 Å². The zero-order valence-electron chi connectivity index (χ0n) is 12.5. The molecule has 116 valence electrons. The summed E-state index contributed by atoms with van der Waals surface area (Å²) in [4.78, 5) is 17.6. The maximum absolute atomic E-state index is 12.1. The molecule has 0 spiro atoms. The molecular weight excluding hydrogens is 312 g/mol. The summed E-state index contributed by atoms with van der Waals surface area (Å²) in [5.41, 5.74) is 1.03. The van der Waals surface area contributed by atoms with Crippen LogP contribution in [-0.4, -0.2) is 14.1 Å². The van der Waals surface area contributed by atoms with Crippen molar-refractivity contribution in [3.05, 3.63) is 33.7 Å². The van der Waals surface area contributed by atoms with E-state index in [-0.39, 0.29) is 5.56 Å². The molecule has 5 heteroatoms. The average Bonchev–Trinajstić information content (AvgIpc) is 2.93. The van der Waals surface area contributed by atoms with Crippen LogP contribution in [-0.2, 0) is 5.75 Å². The van der Waals surface area contributed by atoms with Gasteiger partial charge in [0.25, 0.3) is 5.56 Å². The van der Waals surface area contributed by atoms with Crippen molar-refractivity contribution in [2.24, 2.45) is 17.8 Å². The molecule has 4 saturated carbocycles. The molecule has 2 aromatic rings. The Morgan fingerprint density at radius 2 is 1.91 bits per heavy atom. The normalized spacial score (nSPS) is 36.3. The third kappa shape index (κ3) is 2.16. The highest BCUT2D eigenvalue weighted by Crippen LogP contribution is 2.60. The molecule has 0 aromatic carbocycles. The molecule has 0 radical (unpaired) electrons. The number of fused-ring (bicyclic) bond motifs is 1. The van der Waals surface area contributed by atoms with Gasteiger partial charge in [0.1, 0.15) is 0 Å². The lowest BCUT2D eigenvalue weighted by atomic mass is 9.56. The van der Waals surface area contributed by atoms with Crippen molar-refractivity contribution in [3.8, 4) is 0 Å². The van der Waals surface area contributed by atoms with E-state index in [4.69, 9.17) is 0 Å². The third-order valence-electron chi connectivity index (χ3n) is 5.86. The summed E-state index contributed by atoms with van der Waals surface area (Å²) in [6.45, 7) is 0. The third-order valence-corrected chi connectivity index (χ3v) is 8.17. The van der Waals surface area contributed by atoms with Crippen molar-refractivity contribution >= 4 is 28.1 Å².